The van der Waals surface area contributed by atoms with E-state index in [-0.39, 0.29) is 24.0 Å². The zero-order valence-corrected chi connectivity index (χ0v) is 11.4. The number of halogens is 1. The van der Waals surface area contributed by atoms with Crippen molar-refractivity contribution in [1.82, 2.24) is 0 Å². The van der Waals surface area contributed by atoms with E-state index in [2.05, 4.69) is 31.0 Å². The predicted molar refractivity (Wildman–Crippen MR) is 55.8 cm³/mol. The molecule has 0 aliphatic carbocycles. The van der Waals surface area contributed by atoms with Gasteiger partial charge in [-0.1, -0.05) is 0 Å². The molecule has 0 unspecified atom stereocenters. The van der Waals surface area contributed by atoms with Gasteiger partial charge in [-0.25, -0.2) is 4.58 Å². The van der Waals surface area contributed by atoms with Crippen LogP contribution in [0, 0.1) is 0 Å². The molecule has 0 fully saturated rings. The molecule has 0 N–H and O–H groups in total. The summed E-state index contributed by atoms with van der Waals surface area (Å²) in [4.78, 5) is 0. The van der Waals surface area contributed by atoms with E-state index in [4.69, 9.17) is 0 Å². The van der Waals surface area contributed by atoms with Gasteiger partial charge in [0.25, 0.3) is 0 Å². The maximum absolute atomic E-state index is 2.29. The van der Waals surface area contributed by atoms with Crippen LogP contribution < -0.4 is 24.0 Å². The maximum Gasteiger partial charge on any atom is 0.178 e. The lowest BCUT2D eigenvalue weighted by molar-refractivity contribution is -0.464. The number of allylic oxidation sites excluding steroid dienone is 1. The Labute approximate surface area is 100 Å². The van der Waals surface area contributed by atoms with Crippen molar-refractivity contribution in [3.8, 4) is 0 Å². The second-order valence-electron chi connectivity index (χ2n) is 2.65. The van der Waals surface area contributed by atoms with E-state index in [0.29, 0.717) is 0 Å². The second-order valence-corrected chi connectivity index (χ2v) is 4.89. The standard InChI is InChI=1S/C8H14NS2.HI/c1-9(2)7-4-5-11-8(6-7)10-3;/h6H,4-5H2,1-3H3;1H/q+1;/p-1. The normalized spacial score (nSPS) is 16.6. The van der Waals surface area contributed by atoms with E-state index in [9.17, 15) is 0 Å². The second kappa shape index (κ2) is 6.32. The van der Waals surface area contributed by atoms with Crippen molar-refractivity contribution < 1.29 is 28.6 Å². The summed E-state index contributed by atoms with van der Waals surface area (Å²) in [5.41, 5.74) is 1.45. The van der Waals surface area contributed by atoms with Crippen molar-refractivity contribution in [2.24, 2.45) is 0 Å². The molecule has 0 radical (unpaired) electrons. The molecule has 1 aliphatic rings. The molecule has 0 aromatic heterocycles. The van der Waals surface area contributed by atoms with Crippen molar-refractivity contribution >= 4 is 29.2 Å². The molecular formula is C8H14INS2. The Kier molecular flexibility index (Phi) is 6.76. The molecule has 0 aromatic carbocycles. The summed E-state index contributed by atoms with van der Waals surface area (Å²) >= 11 is 3.80. The van der Waals surface area contributed by atoms with Crippen LogP contribution in [0.15, 0.2) is 10.3 Å². The van der Waals surface area contributed by atoms with Crippen LogP contribution in [-0.2, 0) is 0 Å². The van der Waals surface area contributed by atoms with Gasteiger partial charge in [0, 0.05) is 22.5 Å². The lowest BCUT2D eigenvalue weighted by atomic mass is 10.3. The molecular weight excluding hydrogens is 301 g/mol. The Balaban J connectivity index is 0.00000121. The van der Waals surface area contributed by atoms with E-state index in [1.54, 1.807) is 0 Å². The molecule has 0 amide bonds. The first kappa shape index (κ1) is 12.8. The topological polar surface area (TPSA) is 3.01 Å². The Bertz CT molecular complexity index is 207. The van der Waals surface area contributed by atoms with Gasteiger partial charge in [0.2, 0.25) is 0 Å². The molecule has 1 nitrogen and oxygen atoms in total. The quantitative estimate of drug-likeness (QED) is 0.453. The van der Waals surface area contributed by atoms with Crippen LogP contribution in [0.1, 0.15) is 6.42 Å². The van der Waals surface area contributed by atoms with Crippen LogP contribution in [0.3, 0.4) is 0 Å². The van der Waals surface area contributed by atoms with Crippen molar-refractivity contribution in [2.45, 2.75) is 6.42 Å². The molecule has 0 saturated heterocycles. The number of thioether (sulfide) groups is 2. The average Bonchev–Trinajstić information content (AvgIpc) is 2.05. The molecule has 12 heavy (non-hydrogen) atoms. The van der Waals surface area contributed by atoms with Gasteiger partial charge in [-0.2, -0.15) is 0 Å². The highest BCUT2D eigenvalue weighted by atomic mass is 127. The molecule has 0 atom stereocenters. The smallest absolute Gasteiger partial charge is 0.178 e. The number of nitrogens with zero attached hydrogens (tertiary/aromatic N) is 1. The number of rotatable bonds is 1. The van der Waals surface area contributed by atoms with E-state index >= 15 is 0 Å². The zero-order valence-electron chi connectivity index (χ0n) is 7.63. The predicted octanol–water partition coefficient (Wildman–Crippen LogP) is -0.955. The van der Waals surface area contributed by atoms with Gasteiger partial charge in [0.1, 0.15) is 14.1 Å². The Morgan fingerprint density at radius 1 is 1.50 bits per heavy atom. The van der Waals surface area contributed by atoms with Crippen molar-refractivity contribution in [2.75, 3.05) is 26.1 Å². The van der Waals surface area contributed by atoms with Gasteiger partial charge in [-0.3, -0.25) is 0 Å². The van der Waals surface area contributed by atoms with Crippen LogP contribution in [-0.4, -0.2) is 36.4 Å². The Hall–Kier alpha value is 0.840. The van der Waals surface area contributed by atoms with Crippen LogP contribution in [0.4, 0.5) is 0 Å². The molecule has 0 saturated carbocycles. The fourth-order valence-corrected chi connectivity index (χ4v) is 2.68. The summed E-state index contributed by atoms with van der Waals surface area (Å²) in [6, 6.07) is 0. The fraction of sp³-hybridized carbons (Fsp3) is 0.625. The average molecular weight is 315 g/mol. The van der Waals surface area contributed by atoms with E-state index < -0.39 is 0 Å². The van der Waals surface area contributed by atoms with Crippen LogP contribution >= 0.6 is 23.5 Å². The molecule has 70 valence electrons. The molecule has 4 heteroatoms. The maximum atomic E-state index is 2.29. The van der Waals surface area contributed by atoms with E-state index in [1.807, 2.05) is 23.5 Å². The lowest BCUT2D eigenvalue weighted by Gasteiger charge is -2.09. The van der Waals surface area contributed by atoms with Crippen molar-refractivity contribution in [3.63, 3.8) is 0 Å². The Morgan fingerprint density at radius 2 is 2.17 bits per heavy atom. The number of hydrogen-bond donors (Lipinski definition) is 0. The molecule has 0 aromatic rings. The van der Waals surface area contributed by atoms with Crippen molar-refractivity contribution in [1.29, 1.82) is 0 Å². The first-order valence-corrected chi connectivity index (χ1v) is 5.86. The van der Waals surface area contributed by atoms with Gasteiger partial charge in [0.05, 0.1) is 0 Å². The third-order valence-electron chi connectivity index (χ3n) is 1.66. The summed E-state index contributed by atoms with van der Waals surface area (Å²) in [5, 5.41) is 0. The summed E-state index contributed by atoms with van der Waals surface area (Å²) < 4.78 is 3.65. The minimum atomic E-state index is 0. The summed E-state index contributed by atoms with van der Waals surface area (Å²) in [6.45, 7) is 0. The van der Waals surface area contributed by atoms with Gasteiger partial charge in [0.15, 0.2) is 5.71 Å². The van der Waals surface area contributed by atoms with Crippen LogP contribution in [0.25, 0.3) is 0 Å². The Morgan fingerprint density at radius 3 is 2.67 bits per heavy atom. The molecule has 1 heterocycles. The highest BCUT2D eigenvalue weighted by molar-refractivity contribution is 8.22. The summed E-state index contributed by atoms with van der Waals surface area (Å²) in [6.07, 6.45) is 5.64. The minimum absolute atomic E-state index is 0. The van der Waals surface area contributed by atoms with E-state index in [0.717, 1.165) is 0 Å². The van der Waals surface area contributed by atoms with Gasteiger partial charge in [-0.15, -0.1) is 23.5 Å². The molecule has 0 spiro atoms. The number of hydrogen-bond acceptors (Lipinski definition) is 2. The van der Waals surface area contributed by atoms with Gasteiger partial charge in [-0.05, 0) is 6.26 Å². The van der Waals surface area contributed by atoms with Crippen LogP contribution in [0.2, 0.25) is 0 Å². The first-order chi connectivity index (χ1) is 5.24. The monoisotopic (exact) mass is 315 g/mol. The largest absolute Gasteiger partial charge is 1.00 e. The van der Waals surface area contributed by atoms with Gasteiger partial charge >= 0.3 is 0 Å². The molecule has 1 rings (SSSR count). The zero-order chi connectivity index (χ0) is 8.27. The molecule has 0 bridgehead atoms. The third kappa shape index (κ3) is 3.70. The van der Waals surface area contributed by atoms with E-state index in [1.165, 1.54) is 22.1 Å². The first-order valence-electron chi connectivity index (χ1n) is 3.65. The van der Waals surface area contributed by atoms with Crippen LogP contribution in [0.5, 0.6) is 0 Å². The van der Waals surface area contributed by atoms with Crippen molar-refractivity contribution in [3.05, 3.63) is 10.3 Å². The third-order valence-corrected chi connectivity index (χ3v) is 3.85. The minimum Gasteiger partial charge on any atom is -1.00 e. The highest BCUT2D eigenvalue weighted by Gasteiger charge is 2.12. The summed E-state index contributed by atoms with van der Waals surface area (Å²) in [7, 11) is 4.22. The highest BCUT2D eigenvalue weighted by Crippen LogP contribution is 2.30. The summed E-state index contributed by atoms with van der Waals surface area (Å²) in [5.74, 6) is 1.24. The van der Waals surface area contributed by atoms with Gasteiger partial charge < -0.3 is 24.0 Å². The fourth-order valence-electron chi connectivity index (χ4n) is 0.977. The lowest BCUT2D eigenvalue weighted by Crippen LogP contribution is -3.00. The molecule has 1 aliphatic heterocycles. The SMILES string of the molecule is CSC1=CC(=[N+](C)C)CCS1.[I-].